The molecule has 0 aromatic heterocycles. The molecule has 0 aromatic carbocycles. The first kappa shape index (κ1) is 12.5. The van der Waals surface area contributed by atoms with Crippen molar-refractivity contribution < 1.29 is 4.74 Å². The minimum absolute atomic E-state index is 0.260. The van der Waals surface area contributed by atoms with Crippen LogP contribution >= 0.6 is 0 Å². The van der Waals surface area contributed by atoms with Crippen molar-refractivity contribution in [1.29, 1.82) is 0 Å². The van der Waals surface area contributed by atoms with E-state index in [0.29, 0.717) is 5.92 Å². The lowest BCUT2D eigenvalue weighted by Crippen LogP contribution is -2.45. The summed E-state index contributed by atoms with van der Waals surface area (Å²) >= 11 is 0. The van der Waals surface area contributed by atoms with Crippen LogP contribution in [0.2, 0.25) is 0 Å². The molecule has 18 heavy (non-hydrogen) atoms. The molecule has 0 saturated heterocycles. The fourth-order valence-corrected chi connectivity index (χ4v) is 4.32. The fourth-order valence-electron chi connectivity index (χ4n) is 4.32. The van der Waals surface area contributed by atoms with Gasteiger partial charge in [-0.2, -0.15) is 0 Å². The summed E-state index contributed by atoms with van der Waals surface area (Å²) in [5, 5.41) is 0. The molecule has 102 valence electrons. The third-order valence-electron chi connectivity index (χ3n) is 5.27. The molecule has 0 spiro atoms. The Morgan fingerprint density at radius 3 is 2.72 bits per heavy atom. The van der Waals surface area contributed by atoms with Crippen LogP contribution in [0.15, 0.2) is 11.8 Å². The molecule has 3 nitrogen and oxygen atoms in total. The van der Waals surface area contributed by atoms with Gasteiger partial charge in [0.05, 0.1) is 12.6 Å². The Morgan fingerprint density at radius 1 is 1.17 bits per heavy atom. The van der Waals surface area contributed by atoms with E-state index in [9.17, 15) is 0 Å². The molecule has 4 atom stereocenters. The van der Waals surface area contributed by atoms with Crippen molar-refractivity contribution >= 4 is 0 Å². The highest BCUT2D eigenvalue weighted by atomic mass is 16.5. The van der Waals surface area contributed by atoms with E-state index >= 15 is 0 Å². The van der Waals surface area contributed by atoms with Crippen molar-refractivity contribution in [2.75, 3.05) is 6.61 Å². The van der Waals surface area contributed by atoms with Crippen LogP contribution in [0.1, 0.15) is 51.4 Å². The van der Waals surface area contributed by atoms with Crippen molar-refractivity contribution in [2.24, 2.45) is 23.6 Å². The van der Waals surface area contributed by atoms with E-state index < -0.39 is 0 Å². The quantitative estimate of drug-likeness (QED) is 0.598. The molecular formula is C15H26N2O. The summed E-state index contributed by atoms with van der Waals surface area (Å²) in [6.45, 7) is 0.840. The number of nitrogens with one attached hydrogen (secondary N) is 1. The Balaban J connectivity index is 1.64. The van der Waals surface area contributed by atoms with E-state index in [4.69, 9.17) is 10.6 Å². The van der Waals surface area contributed by atoms with Crippen LogP contribution in [0.5, 0.6) is 0 Å². The summed E-state index contributed by atoms with van der Waals surface area (Å²) in [5.41, 5.74) is 3.02. The highest BCUT2D eigenvalue weighted by molar-refractivity contribution is 5.09. The molecule has 2 saturated carbocycles. The molecule has 0 aromatic rings. The maximum absolute atomic E-state index is 5.78. The highest BCUT2D eigenvalue weighted by Gasteiger charge is 2.37. The number of fused-ring (bicyclic) bond motifs is 1. The van der Waals surface area contributed by atoms with E-state index in [2.05, 4.69) is 11.5 Å². The molecule has 2 fully saturated rings. The molecule has 3 heteroatoms. The standard InChI is InChI=1S/C15H26N2O/c16-17-15(14-6-3-9-18-14)13-8-7-11-4-1-2-5-12(11)10-13/h6,11-13,15,17H,1-5,7-10,16H2. The first-order chi connectivity index (χ1) is 8.88. The number of hydrogen-bond acceptors (Lipinski definition) is 3. The summed E-state index contributed by atoms with van der Waals surface area (Å²) in [4.78, 5) is 0. The lowest BCUT2D eigenvalue weighted by atomic mass is 9.66. The van der Waals surface area contributed by atoms with Gasteiger partial charge in [-0.25, -0.2) is 5.43 Å². The summed E-state index contributed by atoms with van der Waals surface area (Å²) in [6, 6.07) is 0.260. The van der Waals surface area contributed by atoms with Gasteiger partial charge in [0.15, 0.2) is 0 Å². The molecule has 3 aliphatic rings. The van der Waals surface area contributed by atoms with Gasteiger partial charge in [0.1, 0.15) is 5.76 Å². The number of hydrazine groups is 1. The maximum Gasteiger partial charge on any atom is 0.111 e. The Morgan fingerprint density at radius 2 is 2.00 bits per heavy atom. The lowest BCUT2D eigenvalue weighted by Gasteiger charge is -2.41. The SMILES string of the molecule is NNC(C1=CCCO1)C1CCC2CCCCC2C1. The minimum Gasteiger partial charge on any atom is -0.496 e. The minimum atomic E-state index is 0.260. The topological polar surface area (TPSA) is 47.3 Å². The average molecular weight is 250 g/mol. The van der Waals surface area contributed by atoms with Crippen LogP contribution in [-0.4, -0.2) is 12.6 Å². The van der Waals surface area contributed by atoms with Crippen LogP contribution in [0, 0.1) is 17.8 Å². The van der Waals surface area contributed by atoms with Crippen LogP contribution in [0.3, 0.4) is 0 Å². The van der Waals surface area contributed by atoms with Crippen molar-refractivity contribution in [2.45, 2.75) is 57.4 Å². The number of nitrogens with two attached hydrogens (primary N) is 1. The Kier molecular flexibility index (Phi) is 3.90. The predicted octanol–water partition coefficient (Wildman–Crippen LogP) is 2.73. The third kappa shape index (κ3) is 2.43. The summed E-state index contributed by atoms with van der Waals surface area (Å²) < 4.78 is 5.71. The van der Waals surface area contributed by atoms with Gasteiger partial charge in [0.2, 0.25) is 0 Å². The van der Waals surface area contributed by atoms with E-state index in [1.165, 1.54) is 44.9 Å². The largest absolute Gasteiger partial charge is 0.496 e. The zero-order valence-corrected chi connectivity index (χ0v) is 11.2. The van der Waals surface area contributed by atoms with Gasteiger partial charge in [0, 0.05) is 6.42 Å². The lowest BCUT2D eigenvalue weighted by molar-refractivity contribution is 0.0983. The van der Waals surface area contributed by atoms with Crippen molar-refractivity contribution in [1.82, 2.24) is 5.43 Å². The molecule has 0 radical (unpaired) electrons. The summed E-state index contributed by atoms with van der Waals surface area (Å²) in [7, 11) is 0. The average Bonchev–Trinajstić information content (AvgIpc) is 2.93. The fraction of sp³-hybridized carbons (Fsp3) is 0.867. The van der Waals surface area contributed by atoms with Gasteiger partial charge in [-0.3, -0.25) is 5.84 Å². The molecule has 0 amide bonds. The molecule has 3 rings (SSSR count). The number of rotatable bonds is 3. The van der Waals surface area contributed by atoms with Crippen molar-refractivity contribution in [3.63, 3.8) is 0 Å². The second kappa shape index (κ2) is 5.62. The van der Waals surface area contributed by atoms with Gasteiger partial charge in [-0.05, 0) is 43.1 Å². The van der Waals surface area contributed by atoms with Gasteiger partial charge in [-0.1, -0.05) is 25.7 Å². The normalized spacial score (nSPS) is 37.6. The molecule has 1 heterocycles. The first-order valence-electron chi connectivity index (χ1n) is 7.67. The first-order valence-corrected chi connectivity index (χ1v) is 7.67. The molecule has 0 bridgehead atoms. The zero-order chi connectivity index (χ0) is 12.4. The summed E-state index contributed by atoms with van der Waals surface area (Å²) in [6.07, 6.45) is 13.1. The zero-order valence-electron chi connectivity index (χ0n) is 11.2. The molecule has 2 aliphatic carbocycles. The smallest absolute Gasteiger partial charge is 0.111 e. The van der Waals surface area contributed by atoms with E-state index in [0.717, 1.165) is 30.6 Å². The maximum atomic E-state index is 5.78. The van der Waals surface area contributed by atoms with Crippen molar-refractivity contribution in [3.05, 3.63) is 11.8 Å². The van der Waals surface area contributed by atoms with E-state index in [-0.39, 0.29) is 6.04 Å². The van der Waals surface area contributed by atoms with Crippen LogP contribution < -0.4 is 11.3 Å². The predicted molar refractivity (Wildman–Crippen MR) is 72.6 cm³/mol. The van der Waals surface area contributed by atoms with Crippen molar-refractivity contribution in [3.8, 4) is 0 Å². The molecule has 3 N–H and O–H groups in total. The molecule has 1 aliphatic heterocycles. The van der Waals surface area contributed by atoms with Crippen LogP contribution in [-0.2, 0) is 4.74 Å². The monoisotopic (exact) mass is 250 g/mol. The molecular weight excluding hydrogens is 224 g/mol. The molecule has 4 unspecified atom stereocenters. The van der Waals surface area contributed by atoms with Crippen LogP contribution in [0.4, 0.5) is 0 Å². The Bertz CT molecular complexity index is 316. The van der Waals surface area contributed by atoms with E-state index in [1.54, 1.807) is 0 Å². The number of ether oxygens (including phenoxy) is 1. The summed E-state index contributed by atoms with van der Waals surface area (Å²) in [5.74, 6) is 9.53. The Labute approximate surface area is 110 Å². The highest BCUT2D eigenvalue weighted by Crippen LogP contribution is 2.44. The second-order valence-corrected chi connectivity index (χ2v) is 6.27. The van der Waals surface area contributed by atoms with Crippen LogP contribution in [0.25, 0.3) is 0 Å². The van der Waals surface area contributed by atoms with Gasteiger partial charge < -0.3 is 4.74 Å². The van der Waals surface area contributed by atoms with Gasteiger partial charge in [-0.15, -0.1) is 0 Å². The van der Waals surface area contributed by atoms with Gasteiger partial charge in [0.25, 0.3) is 0 Å². The number of hydrogen-bond donors (Lipinski definition) is 2. The van der Waals surface area contributed by atoms with E-state index in [1.807, 2.05) is 0 Å². The third-order valence-corrected chi connectivity index (χ3v) is 5.27. The van der Waals surface area contributed by atoms with Gasteiger partial charge >= 0.3 is 0 Å². The Hall–Kier alpha value is -0.540. The second-order valence-electron chi connectivity index (χ2n) is 6.27.